The zero-order valence-electron chi connectivity index (χ0n) is 10.6. The molecule has 0 saturated heterocycles. The Morgan fingerprint density at radius 3 is 1.29 bits per heavy atom. The van der Waals surface area contributed by atoms with E-state index < -0.39 is 23.2 Å². The summed E-state index contributed by atoms with van der Waals surface area (Å²) in [6, 6.07) is 0. The summed E-state index contributed by atoms with van der Waals surface area (Å²) in [5, 5.41) is -1.07. The van der Waals surface area contributed by atoms with Crippen LogP contribution in [0.15, 0.2) is 0 Å². The normalized spacial score (nSPS) is 18.9. The first kappa shape index (κ1) is 23.3. The van der Waals surface area contributed by atoms with Gasteiger partial charge in [-0.25, -0.2) is 0 Å². The van der Waals surface area contributed by atoms with Crippen molar-refractivity contribution in [3.05, 3.63) is 0 Å². The van der Waals surface area contributed by atoms with Crippen LogP contribution >= 0.6 is 104 Å². The van der Waals surface area contributed by atoms with E-state index >= 15 is 0 Å². The first-order valence-electron chi connectivity index (χ1n) is 5.80. The lowest BCUT2D eigenvalue weighted by Crippen LogP contribution is -2.32. The second-order valence-corrected chi connectivity index (χ2v) is 11.8. The Morgan fingerprint density at radius 2 is 1.05 bits per heavy atom. The van der Waals surface area contributed by atoms with Crippen molar-refractivity contribution in [2.75, 3.05) is 0 Å². The average Bonchev–Trinajstić information content (AvgIpc) is 2.08. The summed E-state index contributed by atoms with van der Waals surface area (Å²) in [6.45, 7) is 0. The SMILES string of the molecule is O=CCC(Cl)(CC(Cl)CC(Cl)(Cl)Cl)CC(Cl)CC(Cl)(Cl)Cl. The van der Waals surface area contributed by atoms with Crippen molar-refractivity contribution >= 4 is 111 Å². The van der Waals surface area contributed by atoms with Crippen molar-refractivity contribution in [2.24, 2.45) is 0 Å². The summed E-state index contributed by atoms with van der Waals surface area (Å²) >= 11 is 52.8. The number of carbonyl (C=O) groups excluding carboxylic acids is 1. The van der Waals surface area contributed by atoms with E-state index in [-0.39, 0.29) is 32.1 Å². The monoisotopic (exact) mass is 476 g/mol. The van der Waals surface area contributed by atoms with Crippen molar-refractivity contribution in [2.45, 2.75) is 55.3 Å². The van der Waals surface area contributed by atoms with E-state index in [0.29, 0.717) is 6.29 Å². The standard InChI is InChI=1S/C11H13Cl9O/c12-7(5-10(15,16)17)3-9(14,1-2-21)4-8(13)6-11(18,19)20/h2,7-8H,1,3-6H2. The molecule has 0 amide bonds. The van der Waals surface area contributed by atoms with Gasteiger partial charge in [0.1, 0.15) is 6.29 Å². The Hall–Kier alpha value is 2.28. The van der Waals surface area contributed by atoms with E-state index in [1.54, 1.807) is 0 Å². The Morgan fingerprint density at radius 1 is 0.714 bits per heavy atom. The van der Waals surface area contributed by atoms with Gasteiger partial charge in [-0.15, -0.1) is 34.8 Å². The van der Waals surface area contributed by atoms with Gasteiger partial charge >= 0.3 is 0 Å². The highest BCUT2D eigenvalue weighted by Crippen LogP contribution is 2.42. The molecule has 0 bridgehead atoms. The van der Waals surface area contributed by atoms with Gasteiger partial charge in [0.15, 0.2) is 7.59 Å². The summed E-state index contributed by atoms with van der Waals surface area (Å²) in [7, 11) is 0. The topological polar surface area (TPSA) is 17.1 Å². The van der Waals surface area contributed by atoms with Gasteiger partial charge in [-0.1, -0.05) is 69.6 Å². The van der Waals surface area contributed by atoms with Gasteiger partial charge in [0.2, 0.25) is 0 Å². The molecule has 2 unspecified atom stereocenters. The van der Waals surface area contributed by atoms with Gasteiger partial charge in [0, 0.05) is 30.0 Å². The molecule has 126 valence electrons. The Labute approximate surface area is 169 Å². The van der Waals surface area contributed by atoms with Crippen molar-refractivity contribution < 1.29 is 4.79 Å². The molecule has 0 N–H and O–H groups in total. The van der Waals surface area contributed by atoms with Crippen molar-refractivity contribution in [3.63, 3.8) is 0 Å². The number of alkyl halides is 9. The molecular formula is C11H13Cl9O. The molecule has 1 nitrogen and oxygen atoms in total. The van der Waals surface area contributed by atoms with Crippen LogP contribution in [-0.2, 0) is 4.79 Å². The van der Waals surface area contributed by atoms with Crippen LogP contribution in [0.1, 0.15) is 32.1 Å². The third kappa shape index (κ3) is 13.3. The fourth-order valence-corrected chi connectivity index (χ4v) is 5.08. The Kier molecular flexibility index (Phi) is 10.7. The molecule has 0 spiro atoms. The fraction of sp³-hybridized carbons (Fsp3) is 0.909. The Bertz CT molecular complexity index is 299. The van der Waals surface area contributed by atoms with Crippen molar-refractivity contribution in [3.8, 4) is 0 Å². The highest BCUT2D eigenvalue weighted by molar-refractivity contribution is 6.68. The van der Waals surface area contributed by atoms with E-state index in [2.05, 4.69) is 0 Å². The van der Waals surface area contributed by atoms with E-state index in [4.69, 9.17) is 104 Å². The average molecular weight is 480 g/mol. The highest BCUT2D eigenvalue weighted by Gasteiger charge is 2.37. The molecule has 2 atom stereocenters. The molecule has 0 rings (SSSR count). The molecule has 0 saturated carbocycles. The summed E-state index contributed by atoms with van der Waals surface area (Å²) in [6.07, 6.45) is 1.36. The molecule has 0 radical (unpaired) electrons. The van der Waals surface area contributed by atoms with Crippen LogP contribution in [0, 0.1) is 0 Å². The second kappa shape index (κ2) is 9.68. The van der Waals surface area contributed by atoms with Gasteiger partial charge in [0.25, 0.3) is 0 Å². The molecule has 0 aliphatic carbocycles. The lowest BCUT2D eigenvalue weighted by molar-refractivity contribution is -0.108. The lowest BCUT2D eigenvalue weighted by Gasteiger charge is -2.31. The molecular weight excluding hydrogens is 467 g/mol. The van der Waals surface area contributed by atoms with E-state index in [0.717, 1.165) is 0 Å². The smallest absolute Gasteiger partial charge is 0.192 e. The molecule has 0 aromatic carbocycles. The minimum atomic E-state index is -1.50. The molecule has 0 aliphatic rings. The summed E-state index contributed by atoms with van der Waals surface area (Å²) in [5.41, 5.74) is 0. The second-order valence-electron chi connectivity index (χ2n) is 4.76. The summed E-state index contributed by atoms with van der Waals surface area (Å²) in [5.74, 6) is 0. The maximum Gasteiger partial charge on any atom is 0.192 e. The lowest BCUT2D eigenvalue weighted by atomic mass is 9.92. The molecule has 0 heterocycles. The third-order valence-corrected chi connectivity index (χ3v) is 4.54. The van der Waals surface area contributed by atoms with Crippen LogP contribution in [0.4, 0.5) is 0 Å². The van der Waals surface area contributed by atoms with Crippen LogP contribution in [-0.4, -0.2) is 29.5 Å². The Balaban J connectivity index is 4.71. The third-order valence-electron chi connectivity index (χ3n) is 2.53. The zero-order chi connectivity index (χ0) is 16.9. The maximum absolute atomic E-state index is 10.8. The van der Waals surface area contributed by atoms with Crippen LogP contribution in [0.5, 0.6) is 0 Å². The number of hydrogen-bond donors (Lipinski definition) is 0. The number of hydrogen-bond acceptors (Lipinski definition) is 1. The van der Waals surface area contributed by atoms with Crippen LogP contribution < -0.4 is 0 Å². The van der Waals surface area contributed by atoms with Crippen LogP contribution in [0.2, 0.25) is 0 Å². The number of halogens is 9. The predicted octanol–water partition coefficient (Wildman–Crippen LogP) is 7.07. The quantitative estimate of drug-likeness (QED) is 0.268. The molecule has 0 aliphatic heterocycles. The van der Waals surface area contributed by atoms with Gasteiger partial charge in [-0.05, 0) is 12.8 Å². The van der Waals surface area contributed by atoms with E-state index in [9.17, 15) is 4.79 Å². The molecule has 0 aromatic rings. The van der Waals surface area contributed by atoms with Crippen LogP contribution in [0.3, 0.4) is 0 Å². The van der Waals surface area contributed by atoms with E-state index in [1.165, 1.54) is 0 Å². The molecule has 10 heteroatoms. The minimum Gasteiger partial charge on any atom is -0.303 e. The summed E-state index contributed by atoms with van der Waals surface area (Å²) in [4.78, 5) is 9.85. The molecule has 0 fully saturated rings. The van der Waals surface area contributed by atoms with E-state index in [1.807, 2.05) is 0 Å². The largest absolute Gasteiger partial charge is 0.303 e. The predicted molar refractivity (Wildman–Crippen MR) is 97.6 cm³/mol. The first-order valence-corrected chi connectivity index (χ1v) is 9.32. The number of aldehydes is 1. The minimum absolute atomic E-state index is 0.0424. The van der Waals surface area contributed by atoms with Gasteiger partial charge < -0.3 is 4.79 Å². The summed E-state index contributed by atoms with van der Waals surface area (Å²) < 4.78 is -2.99. The van der Waals surface area contributed by atoms with Gasteiger partial charge in [-0.2, -0.15) is 0 Å². The number of carbonyl (C=O) groups is 1. The fourth-order valence-electron chi connectivity index (χ4n) is 1.84. The highest BCUT2D eigenvalue weighted by atomic mass is 35.6. The van der Waals surface area contributed by atoms with Gasteiger partial charge in [0.05, 0.1) is 4.87 Å². The molecule has 0 aromatic heterocycles. The molecule has 21 heavy (non-hydrogen) atoms. The van der Waals surface area contributed by atoms with Crippen molar-refractivity contribution in [1.29, 1.82) is 0 Å². The van der Waals surface area contributed by atoms with Crippen LogP contribution in [0.25, 0.3) is 0 Å². The maximum atomic E-state index is 10.8. The number of rotatable bonds is 8. The first-order chi connectivity index (χ1) is 9.26. The van der Waals surface area contributed by atoms with Gasteiger partial charge in [-0.3, -0.25) is 0 Å². The zero-order valence-corrected chi connectivity index (χ0v) is 17.4. The van der Waals surface area contributed by atoms with Crippen molar-refractivity contribution in [1.82, 2.24) is 0 Å².